The zero-order valence-electron chi connectivity index (χ0n) is 12.9. The van der Waals surface area contributed by atoms with Crippen LogP contribution >= 0.6 is 0 Å². The Balaban J connectivity index is 2.21. The summed E-state index contributed by atoms with van der Waals surface area (Å²) in [4.78, 5) is 2.43. The molecule has 112 valence electrons. The minimum atomic E-state index is -0.124. The third kappa shape index (κ3) is 3.80. The van der Waals surface area contributed by atoms with Gasteiger partial charge in [0.15, 0.2) is 0 Å². The third-order valence-electron chi connectivity index (χ3n) is 4.11. The SMILES string of the molecule is Cc1ccc(F)c(C(CN)N(CCC(C)C)C2CC2)c1. The minimum Gasteiger partial charge on any atom is -0.329 e. The molecule has 0 heterocycles. The second-order valence-corrected chi connectivity index (χ2v) is 6.43. The first kappa shape index (κ1) is 15.5. The molecule has 3 heteroatoms. The summed E-state index contributed by atoms with van der Waals surface area (Å²) in [6, 6.07) is 5.96. The Hall–Kier alpha value is -0.930. The van der Waals surface area contributed by atoms with Crippen molar-refractivity contribution in [1.82, 2.24) is 4.90 Å². The van der Waals surface area contributed by atoms with Crippen molar-refractivity contribution in [1.29, 1.82) is 0 Å². The summed E-state index contributed by atoms with van der Waals surface area (Å²) in [5.74, 6) is 0.540. The Bertz CT molecular complexity index is 441. The molecule has 2 rings (SSSR count). The molecule has 1 aliphatic carbocycles. The molecule has 1 aromatic rings. The second kappa shape index (κ2) is 6.68. The predicted molar refractivity (Wildman–Crippen MR) is 82.1 cm³/mol. The summed E-state index contributed by atoms with van der Waals surface area (Å²) in [7, 11) is 0. The van der Waals surface area contributed by atoms with E-state index in [1.54, 1.807) is 6.07 Å². The first-order valence-corrected chi connectivity index (χ1v) is 7.74. The smallest absolute Gasteiger partial charge is 0.128 e. The molecule has 0 bridgehead atoms. The Kier molecular flexibility index (Phi) is 5.17. The summed E-state index contributed by atoms with van der Waals surface area (Å²) in [5.41, 5.74) is 7.85. The van der Waals surface area contributed by atoms with Gasteiger partial charge in [0, 0.05) is 18.2 Å². The highest BCUT2D eigenvalue weighted by Gasteiger charge is 2.34. The second-order valence-electron chi connectivity index (χ2n) is 6.43. The van der Waals surface area contributed by atoms with Crippen LogP contribution in [-0.4, -0.2) is 24.0 Å². The van der Waals surface area contributed by atoms with Gasteiger partial charge in [-0.25, -0.2) is 4.39 Å². The van der Waals surface area contributed by atoms with Crippen molar-refractivity contribution in [3.8, 4) is 0 Å². The minimum absolute atomic E-state index is 0.0150. The van der Waals surface area contributed by atoms with Gasteiger partial charge in [0.05, 0.1) is 6.04 Å². The summed E-state index contributed by atoms with van der Waals surface area (Å²) < 4.78 is 14.2. The lowest BCUT2D eigenvalue weighted by atomic mass is 10.0. The molecule has 1 fully saturated rings. The van der Waals surface area contributed by atoms with Crippen LogP contribution < -0.4 is 5.73 Å². The molecule has 0 saturated heterocycles. The van der Waals surface area contributed by atoms with Crippen LogP contribution in [0, 0.1) is 18.7 Å². The molecule has 0 radical (unpaired) electrons. The average Bonchev–Trinajstić information content (AvgIpc) is 3.22. The standard InChI is InChI=1S/C17H27FN2/c1-12(2)8-9-20(14-5-6-14)17(11-19)15-10-13(3)4-7-16(15)18/h4,7,10,12,14,17H,5-6,8-9,11,19H2,1-3H3. The number of benzene rings is 1. The molecule has 2 nitrogen and oxygen atoms in total. The van der Waals surface area contributed by atoms with Crippen LogP contribution in [0.2, 0.25) is 0 Å². The molecule has 1 aliphatic rings. The molecule has 0 aliphatic heterocycles. The van der Waals surface area contributed by atoms with E-state index in [0.717, 1.165) is 24.1 Å². The molecule has 1 atom stereocenters. The van der Waals surface area contributed by atoms with Gasteiger partial charge in [-0.05, 0) is 44.7 Å². The van der Waals surface area contributed by atoms with Crippen LogP contribution in [0.25, 0.3) is 0 Å². The molecule has 1 aromatic carbocycles. The van der Waals surface area contributed by atoms with Crippen molar-refractivity contribution in [2.24, 2.45) is 11.7 Å². The number of rotatable bonds is 7. The van der Waals surface area contributed by atoms with Crippen molar-refractivity contribution in [3.05, 3.63) is 35.1 Å². The highest BCUT2D eigenvalue weighted by molar-refractivity contribution is 5.27. The summed E-state index contributed by atoms with van der Waals surface area (Å²) >= 11 is 0. The van der Waals surface area contributed by atoms with Gasteiger partial charge in [-0.15, -0.1) is 0 Å². The van der Waals surface area contributed by atoms with E-state index < -0.39 is 0 Å². The number of halogens is 1. The van der Waals surface area contributed by atoms with Crippen molar-refractivity contribution >= 4 is 0 Å². The summed E-state index contributed by atoms with van der Waals surface area (Å²) in [6.45, 7) is 7.96. The fraction of sp³-hybridized carbons (Fsp3) is 0.647. The van der Waals surface area contributed by atoms with E-state index in [9.17, 15) is 4.39 Å². The quantitative estimate of drug-likeness (QED) is 0.825. The molecule has 1 saturated carbocycles. The first-order chi connectivity index (χ1) is 9.52. The van der Waals surface area contributed by atoms with Crippen molar-refractivity contribution in [3.63, 3.8) is 0 Å². The van der Waals surface area contributed by atoms with Gasteiger partial charge in [0.1, 0.15) is 5.82 Å². The van der Waals surface area contributed by atoms with Gasteiger partial charge in [-0.1, -0.05) is 31.5 Å². The van der Waals surface area contributed by atoms with Gasteiger partial charge in [-0.2, -0.15) is 0 Å². The van der Waals surface area contributed by atoms with E-state index in [-0.39, 0.29) is 11.9 Å². The molecule has 1 unspecified atom stereocenters. The maximum absolute atomic E-state index is 14.2. The van der Waals surface area contributed by atoms with E-state index in [1.165, 1.54) is 12.8 Å². The van der Waals surface area contributed by atoms with Gasteiger partial charge in [-0.3, -0.25) is 4.90 Å². The topological polar surface area (TPSA) is 29.3 Å². The largest absolute Gasteiger partial charge is 0.329 e. The molecular formula is C17H27FN2. The number of hydrogen-bond acceptors (Lipinski definition) is 2. The van der Waals surface area contributed by atoms with Crippen LogP contribution in [0.4, 0.5) is 4.39 Å². The lowest BCUT2D eigenvalue weighted by Crippen LogP contribution is -2.37. The lowest BCUT2D eigenvalue weighted by molar-refractivity contribution is 0.177. The van der Waals surface area contributed by atoms with Crippen LogP contribution in [0.3, 0.4) is 0 Å². The predicted octanol–water partition coefficient (Wildman–Crippen LogP) is 3.64. The normalized spacial score (nSPS) is 16.9. The zero-order valence-corrected chi connectivity index (χ0v) is 12.9. The molecule has 0 aromatic heterocycles. The van der Waals surface area contributed by atoms with Crippen LogP contribution in [0.1, 0.15) is 50.3 Å². The number of nitrogens with zero attached hydrogens (tertiary/aromatic N) is 1. The molecule has 2 N–H and O–H groups in total. The lowest BCUT2D eigenvalue weighted by Gasteiger charge is -2.32. The zero-order chi connectivity index (χ0) is 14.7. The summed E-state index contributed by atoms with van der Waals surface area (Å²) in [5, 5.41) is 0. The van der Waals surface area contributed by atoms with Crippen LogP contribution in [0.15, 0.2) is 18.2 Å². The van der Waals surface area contributed by atoms with E-state index in [1.807, 2.05) is 19.1 Å². The highest BCUT2D eigenvalue weighted by atomic mass is 19.1. The number of aryl methyl sites for hydroxylation is 1. The van der Waals surface area contributed by atoms with Crippen molar-refractivity contribution < 1.29 is 4.39 Å². The van der Waals surface area contributed by atoms with E-state index in [2.05, 4.69) is 18.7 Å². The molecule has 20 heavy (non-hydrogen) atoms. The maximum Gasteiger partial charge on any atom is 0.128 e. The Morgan fingerprint density at radius 2 is 2.05 bits per heavy atom. The van der Waals surface area contributed by atoms with E-state index in [0.29, 0.717) is 18.5 Å². The van der Waals surface area contributed by atoms with E-state index in [4.69, 9.17) is 5.73 Å². The van der Waals surface area contributed by atoms with Gasteiger partial charge < -0.3 is 5.73 Å². The Morgan fingerprint density at radius 3 is 2.60 bits per heavy atom. The summed E-state index contributed by atoms with van der Waals surface area (Å²) in [6.07, 6.45) is 3.59. The monoisotopic (exact) mass is 278 g/mol. The van der Waals surface area contributed by atoms with Gasteiger partial charge in [0.2, 0.25) is 0 Å². The van der Waals surface area contributed by atoms with E-state index >= 15 is 0 Å². The number of hydrogen-bond donors (Lipinski definition) is 1. The molecule has 0 spiro atoms. The van der Waals surface area contributed by atoms with Gasteiger partial charge in [0.25, 0.3) is 0 Å². The van der Waals surface area contributed by atoms with Gasteiger partial charge >= 0.3 is 0 Å². The third-order valence-corrected chi connectivity index (χ3v) is 4.11. The number of nitrogens with two attached hydrogens (primary N) is 1. The Morgan fingerprint density at radius 1 is 1.35 bits per heavy atom. The average molecular weight is 278 g/mol. The van der Waals surface area contributed by atoms with Crippen LogP contribution in [0.5, 0.6) is 0 Å². The molecular weight excluding hydrogens is 251 g/mol. The van der Waals surface area contributed by atoms with Crippen molar-refractivity contribution in [2.45, 2.75) is 52.1 Å². The van der Waals surface area contributed by atoms with Crippen LogP contribution in [-0.2, 0) is 0 Å². The Labute approximate surface area is 122 Å². The molecule has 0 amide bonds. The fourth-order valence-electron chi connectivity index (χ4n) is 2.77. The maximum atomic E-state index is 14.2. The highest BCUT2D eigenvalue weighted by Crippen LogP contribution is 2.35. The van der Waals surface area contributed by atoms with Crippen molar-refractivity contribution in [2.75, 3.05) is 13.1 Å². The first-order valence-electron chi connectivity index (χ1n) is 7.74. The fourth-order valence-corrected chi connectivity index (χ4v) is 2.77.